The Balaban J connectivity index is 2.06. The molecule has 0 saturated carbocycles. The van der Waals surface area contributed by atoms with Crippen LogP contribution in [-0.2, 0) is 4.84 Å². The third kappa shape index (κ3) is 1.65. The molecule has 3 heteroatoms. The standard InChI is InChI=1S/C5H11NOS/c6-7-3-5-1-2-8-4-5/h5H,1-4,6H2. The number of thioether (sulfide) groups is 1. The van der Waals surface area contributed by atoms with E-state index in [0.717, 1.165) is 12.5 Å². The van der Waals surface area contributed by atoms with E-state index >= 15 is 0 Å². The fraction of sp³-hybridized carbons (Fsp3) is 1.00. The van der Waals surface area contributed by atoms with E-state index in [1.54, 1.807) is 0 Å². The van der Waals surface area contributed by atoms with Gasteiger partial charge in [0.25, 0.3) is 0 Å². The molecule has 0 aliphatic carbocycles. The van der Waals surface area contributed by atoms with Crippen molar-refractivity contribution in [2.24, 2.45) is 11.8 Å². The zero-order chi connectivity index (χ0) is 5.82. The molecule has 0 bridgehead atoms. The van der Waals surface area contributed by atoms with Gasteiger partial charge in [-0.1, -0.05) is 0 Å². The minimum Gasteiger partial charge on any atom is -0.304 e. The fourth-order valence-electron chi connectivity index (χ4n) is 0.851. The molecule has 0 aromatic rings. The van der Waals surface area contributed by atoms with Gasteiger partial charge in [0, 0.05) is 0 Å². The number of nitrogens with two attached hydrogens (primary N) is 1. The molecule has 2 N–H and O–H groups in total. The van der Waals surface area contributed by atoms with Crippen LogP contribution >= 0.6 is 11.8 Å². The Morgan fingerprint density at radius 1 is 1.75 bits per heavy atom. The van der Waals surface area contributed by atoms with Crippen molar-refractivity contribution in [2.45, 2.75) is 6.42 Å². The molecule has 1 atom stereocenters. The van der Waals surface area contributed by atoms with Crippen LogP contribution in [0.2, 0.25) is 0 Å². The van der Waals surface area contributed by atoms with Gasteiger partial charge >= 0.3 is 0 Å². The Morgan fingerprint density at radius 3 is 3.12 bits per heavy atom. The maximum absolute atomic E-state index is 4.90. The summed E-state index contributed by atoms with van der Waals surface area (Å²) in [5, 5.41) is 0. The monoisotopic (exact) mass is 133 g/mol. The van der Waals surface area contributed by atoms with E-state index in [0.29, 0.717) is 0 Å². The second kappa shape index (κ2) is 3.33. The fourth-order valence-corrected chi connectivity index (χ4v) is 2.11. The molecule has 0 radical (unpaired) electrons. The molecule has 0 amide bonds. The molecule has 1 aliphatic heterocycles. The van der Waals surface area contributed by atoms with Crippen LogP contribution < -0.4 is 5.90 Å². The second-order valence-electron chi connectivity index (χ2n) is 2.06. The summed E-state index contributed by atoms with van der Waals surface area (Å²) >= 11 is 1.99. The third-order valence-electron chi connectivity index (χ3n) is 1.36. The lowest BCUT2D eigenvalue weighted by Gasteiger charge is -2.02. The van der Waals surface area contributed by atoms with Crippen molar-refractivity contribution in [1.82, 2.24) is 0 Å². The Kier molecular flexibility index (Phi) is 2.66. The smallest absolute Gasteiger partial charge is 0.0715 e. The summed E-state index contributed by atoms with van der Waals surface area (Å²) in [5.41, 5.74) is 0. The number of rotatable bonds is 2. The van der Waals surface area contributed by atoms with Crippen molar-refractivity contribution in [3.8, 4) is 0 Å². The van der Waals surface area contributed by atoms with Crippen molar-refractivity contribution in [3.05, 3.63) is 0 Å². The molecule has 0 spiro atoms. The summed E-state index contributed by atoms with van der Waals surface area (Å²) in [6, 6.07) is 0. The van der Waals surface area contributed by atoms with E-state index < -0.39 is 0 Å². The zero-order valence-electron chi connectivity index (χ0n) is 4.80. The molecule has 1 saturated heterocycles. The lowest BCUT2D eigenvalue weighted by Crippen LogP contribution is -2.11. The summed E-state index contributed by atoms with van der Waals surface area (Å²) in [7, 11) is 0. The van der Waals surface area contributed by atoms with Gasteiger partial charge in [-0.3, -0.25) is 0 Å². The maximum Gasteiger partial charge on any atom is 0.0715 e. The highest BCUT2D eigenvalue weighted by atomic mass is 32.2. The van der Waals surface area contributed by atoms with Gasteiger partial charge in [0.2, 0.25) is 0 Å². The minimum absolute atomic E-state index is 0.727. The summed E-state index contributed by atoms with van der Waals surface area (Å²) in [6.07, 6.45) is 1.28. The molecule has 8 heavy (non-hydrogen) atoms. The SMILES string of the molecule is NOCC1CCSC1. The lowest BCUT2D eigenvalue weighted by atomic mass is 10.1. The van der Waals surface area contributed by atoms with E-state index in [1.807, 2.05) is 11.8 Å². The predicted molar refractivity (Wildman–Crippen MR) is 35.6 cm³/mol. The Bertz CT molecular complexity index is 63.4. The highest BCUT2D eigenvalue weighted by molar-refractivity contribution is 7.99. The Hall–Kier alpha value is 0.270. The van der Waals surface area contributed by atoms with Crippen molar-refractivity contribution in [2.75, 3.05) is 18.1 Å². The van der Waals surface area contributed by atoms with E-state index in [2.05, 4.69) is 4.84 Å². The zero-order valence-corrected chi connectivity index (χ0v) is 5.62. The van der Waals surface area contributed by atoms with E-state index in [9.17, 15) is 0 Å². The molecule has 2 nitrogen and oxygen atoms in total. The molecule has 1 fully saturated rings. The quantitative estimate of drug-likeness (QED) is 0.561. The Labute approximate surface area is 53.7 Å². The molecule has 1 heterocycles. The Morgan fingerprint density at radius 2 is 2.62 bits per heavy atom. The molecule has 1 unspecified atom stereocenters. The molecule has 1 rings (SSSR count). The van der Waals surface area contributed by atoms with Crippen LogP contribution in [0.5, 0.6) is 0 Å². The first kappa shape index (κ1) is 6.39. The lowest BCUT2D eigenvalue weighted by molar-refractivity contribution is 0.109. The van der Waals surface area contributed by atoms with Crippen LogP contribution in [0.1, 0.15) is 6.42 Å². The topological polar surface area (TPSA) is 35.2 Å². The van der Waals surface area contributed by atoms with Gasteiger partial charge < -0.3 is 4.84 Å². The highest BCUT2D eigenvalue weighted by Gasteiger charge is 2.14. The van der Waals surface area contributed by atoms with Crippen LogP contribution in [0.3, 0.4) is 0 Å². The molecular formula is C5H11NOS. The average Bonchev–Trinajstić information content (AvgIpc) is 2.19. The molecule has 48 valence electrons. The van der Waals surface area contributed by atoms with Gasteiger partial charge in [-0.05, 0) is 23.8 Å². The third-order valence-corrected chi connectivity index (χ3v) is 2.59. The first-order valence-corrected chi connectivity index (χ1v) is 3.98. The summed E-state index contributed by atoms with van der Waals surface area (Å²) in [6.45, 7) is 0.743. The summed E-state index contributed by atoms with van der Waals surface area (Å²) in [5.74, 6) is 8.14. The largest absolute Gasteiger partial charge is 0.304 e. The van der Waals surface area contributed by atoms with Crippen molar-refractivity contribution in [3.63, 3.8) is 0 Å². The van der Waals surface area contributed by atoms with E-state index in [-0.39, 0.29) is 0 Å². The van der Waals surface area contributed by atoms with Crippen LogP contribution in [0.15, 0.2) is 0 Å². The average molecular weight is 133 g/mol. The van der Waals surface area contributed by atoms with Crippen LogP contribution in [0.4, 0.5) is 0 Å². The first-order chi connectivity index (χ1) is 3.93. The van der Waals surface area contributed by atoms with Crippen LogP contribution in [0, 0.1) is 5.92 Å². The van der Waals surface area contributed by atoms with Crippen LogP contribution in [-0.4, -0.2) is 18.1 Å². The predicted octanol–water partition coefficient (Wildman–Crippen LogP) is 0.630. The van der Waals surface area contributed by atoms with Gasteiger partial charge in [-0.15, -0.1) is 0 Å². The van der Waals surface area contributed by atoms with Gasteiger partial charge in [0.05, 0.1) is 6.61 Å². The van der Waals surface area contributed by atoms with Gasteiger partial charge in [-0.25, -0.2) is 5.90 Å². The van der Waals surface area contributed by atoms with Gasteiger partial charge in [0.15, 0.2) is 0 Å². The van der Waals surface area contributed by atoms with E-state index in [1.165, 1.54) is 17.9 Å². The van der Waals surface area contributed by atoms with E-state index in [4.69, 9.17) is 5.90 Å². The van der Waals surface area contributed by atoms with Crippen molar-refractivity contribution in [1.29, 1.82) is 0 Å². The highest BCUT2D eigenvalue weighted by Crippen LogP contribution is 2.22. The molecule has 0 aromatic heterocycles. The molecule has 0 aromatic carbocycles. The second-order valence-corrected chi connectivity index (χ2v) is 3.21. The molecule has 1 aliphatic rings. The normalized spacial score (nSPS) is 28.9. The van der Waals surface area contributed by atoms with Gasteiger partial charge in [-0.2, -0.15) is 11.8 Å². The van der Waals surface area contributed by atoms with Crippen LogP contribution in [0.25, 0.3) is 0 Å². The van der Waals surface area contributed by atoms with Crippen molar-refractivity contribution < 1.29 is 4.84 Å². The maximum atomic E-state index is 4.90. The summed E-state index contributed by atoms with van der Waals surface area (Å²) < 4.78 is 0. The summed E-state index contributed by atoms with van der Waals surface area (Å²) in [4.78, 5) is 4.51. The first-order valence-electron chi connectivity index (χ1n) is 2.83. The minimum atomic E-state index is 0.727. The number of hydrogen-bond acceptors (Lipinski definition) is 3. The number of hydrogen-bond donors (Lipinski definition) is 1. The molecular weight excluding hydrogens is 122 g/mol. The van der Waals surface area contributed by atoms with Crippen molar-refractivity contribution >= 4 is 11.8 Å². The van der Waals surface area contributed by atoms with Gasteiger partial charge in [0.1, 0.15) is 0 Å².